The van der Waals surface area contributed by atoms with E-state index in [9.17, 15) is 4.79 Å². The smallest absolute Gasteiger partial charge is 0.236 e. The lowest BCUT2D eigenvalue weighted by Gasteiger charge is -2.24. The van der Waals surface area contributed by atoms with Crippen LogP contribution in [0.1, 0.15) is 73.3 Å². The van der Waals surface area contributed by atoms with Gasteiger partial charge in [-0.25, -0.2) is 0 Å². The minimum atomic E-state index is -0.452. The van der Waals surface area contributed by atoms with Crippen LogP contribution in [-0.2, 0) is 11.4 Å². The van der Waals surface area contributed by atoms with Gasteiger partial charge in [0, 0.05) is 15.7 Å². The van der Waals surface area contributed by atoms with E-state index in [0.717, 1.165) is 43.7 Å². The van der Waals surface area contributed by atoms with Crippen molar-refractivity contribution in [3.05, 3.63) is 93.0 Å². The van der Waals surface area contributed by atoms with Gasteiger partial charge in [-0.1, -0.05) is 86.1 Å². The summed E-state index contributed by atoms with van der Waals surface area (Å²) in [6.07, 6.45) is 0. The SMILES string of the molecule is CC(C)c1cccc(C(C)C)c1NC(=O)C1c2ccccc2COc2ccc(Br)cc21. The Morgan fingerprint density at radius 2 is 1.61 bits per heavy atom. The molecule has 4 rings (SSSR count). The summed E-state index contributed by atoms with van der Waals surface area (Å²) in [5.74, 6) is 0.875. The van der Waals surface area contributed by atoms with Crippen LogP contribution >= 0.6 is 15.9 Å². The van der Waals surface area contributed by atoms with Gasteiger partial charge >= 0.3 is 0 Å². The second-order valence-electron chi connectivity index (χ2n) is 8.71. The van der Waals surface area contributed by atoms with Crippen molar-refractivity contribution in [3.8, 4) is 5.75 Å². The fourth-order valence-electron chi connectivity index (χ4n) is 4.32. The summed E-state index contributed by atoms with van der Waals surface area (Å²) < 4.78 is 7.01. The van der Waals surface area contributed by atoms with E-state index in [0.29, 0.717) is 18.4 Å². The molecule has 4 heteroatoms. The first-order chi connectivity index (χ1) is 14.9. The molecule has 160 valence electrons. The third-order valence-corrected chi connectivity index (χ3v) is 6.41. The number of amides is 1. The summed E-state index contributed by atoms with van der Waals surface area (Å²) in [6.45, 7) is 9.10. The highest BCUT2D eigenvalue weighted by Gasteiger charge is 2.31. The van der Waals surface area contributed by atoms with E-state index in [1.54, 1.807) is 0 Å². The number of hydrogen-bond acceptors (Lipinski definition) is 2. The van der Waals surface area contributed by atoms with Gasteiger partial charge in [0.2, 0.25) is 5.91 Å². The molecule has 3 aromatic carbocycles. The van der Waals surface area contributed by atoms with Crippen molar-refractivity contribution in [2.24, 2.45) is 0 Å². The van der Waals surface area contributed by atoms with E-state index in [1.165, 1.54) is 0 Å². The fraction of sp³-hybridized carbons (Fsp3) is 0.296. The number of carbonyl (C=O) groups excluding carboxylic acids is 1. The summed E-state index contributed by atoms with van der Waals surface area (Å²) in [4.78, 5) is 13.9. The zero-order valence-corrected chi connectivity index (χ0v) is 20.0. The van der Waals surface area contributed by atoms with E-state index in [-0.39, 0.29) is 5.91 Å². The van der Waals surface area contributed by atoms with E-state index in [2.05, 4.69) is 67.1 Å². The average molecular weight is 478 g/mol. The molecule has 1 N–H and O–H groups in total. The minimum Gasteiger partial charge on any atom is -0.489 e. The third kappa shape index (κ3) is 4.27. The Labute approximate surface area is 193 Å². The number of fused-ring (bicyclic) bond motifs is 2. The van der Waals surface area contributed by atoms with Crippen molar-refractivity contribution in [1.82, 2.24) is 0 Å². The van der Waals surface area contributed by atoms with E-state index >= 15 is 0 Å². The molecule has 0 radical (unpaired) electrons. The average Bonchev–Trinajstić information content (AvgIpc) is 2.89. The summed E-state index contributed by atoms with van der Waals surface area (Å²) >= 11 is 3.57. The molecule has 0 fully saturated rings. The van der Waals surface area contributed by atoms with Crippen LogP contribution in [0, 0.1) is 0 Å². The number of benzene rings is 3. The van der Waals surface area contributed by atoms with Crippen molar-refractivity contribution >= 4 is 27.5 Å². The molecule has 0 saturated heterocycles. The van der Waals surface area contributed by atoms with Gasteiger partial charge in [-0.15, -0.1) is 0 Å². The summed E-state index contributed by atoms with van der Waals surface area (Å²) in [7, 11) is 0. The van der Waals surface area contributed by atoms with Gasteiger partial charge in [0.1, 0.15) is 12.4 Å². The van der Waals surface area contributed by atoms with Crippen molar-refractivity contribution in [1.29, 1.82) is 0 Å². The summed E-state index contributed by atoms with van der Waals surface area (Å²) in [5.41, 5.74) is 6.17. The number of nitrogens with one attached hydrogen (secondary N) is 1. The largest absolute Gasteiger partial charge is 0.489 e. The quantitative estimate of drug-likeness (QED) is 0.426. The Morgan fingerprint density at radius 1 is 0.935 bits per heavy atom. The minimum absolute atomic E-state index is 0.0349. The first kappa shape index (κ1) is 21.6. The Balaban J connectivity index is 1.84. The number of anilines is 1. The molecule has 0 spiro atoms. The maximum absolute atomic E-state index is 13.9. The lowest BCUT2D eigenvalue weighted by molar-refractivity contribution is -0.116. The van der Waals surface area contributed by atoms with Gasteiger partial charge in [0.15, 0.2) is 0 Å². The van der Waals surface area contributed by atoms with Crippen LogP contribution in [0.3, 0.4) is 0 Å². The molecule has 1 unspecified atom stereocenters. The van der Waals surface area contributed by atoms with Crippen LogP contribution < -0.4 is 10.1 Å². The Kier molecular flexibility index (Phi) is 6.19. The topological polar surface area (TPSA) is 38.3 Å². The van der Waals surface area contributed by atoms with Gasteiger partial charge in [0.25, 0.3) is 0 Å². The molecule has 3 nitrogen and oxygen atoms in total. The van der Waals surface area contributed by atoms with Gasteiger partial charge in [0.05, 0.1) is 5.92 Å². The predicted octanol–water partition coefficient (Wildman–Crippen LogP) is 7.36. The molecule has 1 amide bonds. The van der Waals surface area contributed by atoms with Crippen molar-refractivity contribution in [2.45, 2.75) is 52.1 Å². The zero-order valence-electron chi connectivity index (χ0n) is 18.4. The molecule has 31 heavy (non-hydrogen) atoms. The van der Waals surface area contributed by atoms with Gasteiger partial charge in [-0.3, -0.25) is 4.79 Å². The first-order valence-corrected chi connectivity index (χ1v) is 11.6. The second-order valence-corrected chi connectivity index (χ2v) is 9.63. The van der Waals surface area contributed by atoms with Crippen molar-refractivity contribution < 1.29 is 9.53 Å². The molecular formula is C27H28BrNO2. The number of hydrogen-bond donors (Lipinski definition) is 1. The number of halogens is 1. The molecule has 3 aromatic rings. The molecule has 1 heterocycles. The second kappa shape index (κ2) is 8.88. The molecule has 0 aliphatic carbocycles. The maximum atomic E-state index is 13.9. The zero-order chi connectivity index (χ0) is 22.1. The Bertz CT molecular complexity index is 1090. The van der Waals surface area contributed by atoms with Gasteiger partial charge in [-0.05, 0) is 52.3 Å². The monoisotopic (exact) mass is 477 g/mol. The van der Waals surface area contributed by atoms with Gasteiger partial charge in [-0.2, -0.15) is 0 Å². The first-order valence-electron chi connectivity index (χ1n) is 10.8. The maximum Gasteiger partial charge on any atom is 0.236 e. The summed E-state index contributed by atoms with van der Waals surface area (Å²) in [5, 5.41) is 3.33. The van der Waals surface area contributed by atoms with Crippen LogP contribution in [-0.4, -0.2) is 5.91 Å². The van der Waals surface area contributed by atoms with E-state index in [4.69, 9.17) is 4.74 Å². The molecule has 0 bridgehead atoms. The highest BCUT2D eigenvalue weighted by molar-refractivity contribution is 9.10. The van der Waals surface area contributed by atoms with Crippen LogP contribution in [0.2, 0.25) is 0 Å². The Morgan fingerprint density at radius 3 is 2.29 bits per heavy atom. The standard InChI is InChI=1S/C27H28BrNO2/c1-16(2)20-10-7-11-21(17(3)4)26(20)29-27(30)25-22-9-6-5-8-18(22)15-31-24-13-12-19(28)14-23(24)25/h5-14,16-17,25H,15H2,1-4H3,(H,29,30). The van der Waals surface area contributed by atoms with Crippen molar-refractivity contribution in [2.75, 3.05) is 5.32 Å². The molecule has 1 aliphatic rings. The third-order valence-electron chi connectivity index (χ3n) is 5.92. The predicted molar refractivity (Wildman–Crippen MR) is 130 cm³/mol. The summed E-state index contributed by atoms with van der Waals surface area (Å²) in [6, 6.07) is 20.3. The van der Waals surface area contributed by atoms with Crippen molar-refractivity contribution in [3.63, 3.8) is 0 Å². The normalized spacial score (nSPS) is 15.1. The van der Waals surface area contributed by atoms with Crippen LogP contribution in [0.15, 0.2) is 65.1 Å². The van der Waals surface area contributed by atoms with Crippen LogP contribution in [0.4, 0.5) is 5.69 Å². The van der Waals surface area contributed by atoms with Gasteiger partial charge < -0.3 is 10.1 Å². The van der Waals surface area contributed by atoms with E-state index < -0.39 is 5.92 Å². The lowest BCUT2D eigenvalue weighted by atomic mass is 9.87. The molecule has 1 atom stereocenters. The van der Waals surface area contributed by atoms with Crippen LogP contribution in [0.5, 0.6) is 5.75 Å². The number of rotatable bonds is 4. The Hall–Kier alpha value is -2.59. The number of para-hydroxylation sites is 1. The lowest BCUT2D eigenvalue weighted by Crippen LogP contribution is -2.24. The highest BCUT2D eigenvalue weighted by Crippen LogP contribution is 2.40. The number of ether oxygens (including phenoxy) is 1. The molecule has 1 aliphatic heterocycles. The highest BCUT2D eigenvalue weighted by atomic mass is 79.9. The molecule has 0 saturated carbocycles. The molecular weight excluding hydrogens is 450 g/mol. The van der Waals surface area contributed by atoms with E-state index in [1.807, 2.05) is 42.5 Å². The molecule has 0 aromatic heterocycles. The fourth-order valence-corrected chi connectivity index (χ4v) is 4.70. The number of carbonyl (C=O) groups is 1. The van der Waals surface area contributed by atoms with Crippen LogP contribution in [0.25, 0.3) is 0 Å².